The van der Waals surface area contributed by atoms with Gasteiger partial charge in [0.05, 0.1) is 0 Å². The zero-order valence-corrected chi connectivity index (χ0v) is 14.9. The predicted octanol–water partition coefficient (Wildman–Crippen LogP) is 2.59. The molecule has 1 aromatic carbocycles. The van der Waals surface area contributed by atoms with E-state index in [9.17, 15) is 9.90 Å². The first-order valence-electron chi connectivity index (χ1n) is 8.37. The summed E-state index contributed by atoms with van der Waals surface area (Å²) in [5.74, 6) is -0.230. The van der Waals surface area contributed by atoms with E-state index in [1.54, 1.807) is 24.3 Å². The highest BCUT2D eigenvalue weighted by atomic mass is 35.5. The van der Waals surface area contributed by atoms with Gasteiger partial charge in [-0.2, -0.15) is 15.0 Å². The van der Waals surface area contributed by atoms with Crippen LogP contribution >= 0.6 is 11.6 Å². The number of hydrogen-bond donors (Lipinski definition) is 3. The van der Waals surface area contributed by atoms with Gasteiger partial charge < -0.3 is 20.9 Å². The Hall–Kier alpha value is -2.45. The van der Waals surface area contributed by atoms with E-state index < -0.39 is 11.6 Å². The Morgan fingerprint density at radius 2 is 1.88 bits per heavy atom. The minimum atomic E-state index is -1.42. The zero-order chi connectivity index (χ0) is 18.6. The number of nitrogen functional groups attached to an aromatic ring is 1. The molecule has 138 valence electrons. The number of anilines is 3. The highest BCUT2D eigenvalue weighted by Gasteiger charge is 2.38. The van der Waals surface area contributed by atoms with Crippen LogP contribution in [0.2, 0.25) is 5.02 Å². The maximum Gasteiger partial charge on any atom is 0.338 e. The second-order valence-electron chi connectivity index (χ2n) is 6.23. The topological polar surface area (TPSA) is 123 Å². The third-order valence-corrected chi connectivity index (χ3v) is 4.44. The lowest BCUT2D eigenvalue weighted by molar-refractivity contribution is -0.170. The van der Waals surface area contributed by atoms with Crippen molar-refractivity contribution in [3.8, 4) is 0 Å². The quantitative estimate of drug-likeness (QED) is 0.679. The van der Waals surface area contributed by atoms with Gasteiger partial charge in [0.15, 0.2) is 18.0 Å². The van der Waals surface area contributed by atoms with Crippen molar-refractivity contribution in [2.75, 3.05) is 11.1 Å². The van der Waals surface area contributed by atoms with Gasteiger partial charge in [0.1, 0.15) is 0 Å². The summed E-state index contributed by atoms with van der Waals surface area (Å²) < 4.78 is 5.20. The summed E-state index contributed by atoms with van der Waals surface area (Å²) in [6.07, 6.45) is 3.45. The van der Waals surface area contributed by atoms with Crippen LogP contribution in [0.1, 0.15) is 37.9 Å². The molecule has 0 bridgehead atoms. The van der Waals surface area contributed by atoms with Crippen molar-refractivity contribution >= 4 is 35.2 Å². The number of ether oxygens (including phenoxy) is 1. The van der Waals surface area contributed by atoms with Crippen molar-refractivity contribution in [1.29, 1.82) is 0 Å². The molecule has 1 saturated carbocycles. The number of aromatic nitrogens is 3. The normalized spacial score (nSPS) is 16.1. The molecule has 1 aromatic heterocycles. The van der Waals surface area contributed by atoms with Gasteiger partial charge in [-0.3, -0.25) is 0 Å². The van der Waals surface area contributed by atoms with Crippen LogP contribution in [0.4, 0.5) is 17.6 Å². The Kier molecular flexibility index (Phi) is 5.53. The first kappa shape index (κ1) is 18.3. The van der Waals surface area contributed by atoms with Gasteiger partial charge in [-0.15, -0.1) is 0 Å². The van der Waals surface area contributed by atoms with Crippen molar-refractivity contribution in [2.24, 2.45) is 0 Å². The lowest BCUT2D eigenvalue weighted by Crippen LogP contribution is -2.41. The highest BCUT2D eigenvalue weighted by molar-refractivity contribution is 6.30. The molecule has 0 saturated heterocycles. The summed E-state index contributed by atoms with van der Waals surface area (Å²) in [6, 6.07) is 6.98. The first-order valence-corrected chi connectivity index (χ1v) is 8.75. The highest BCUT2D eigenvalue weighted by Crippen LogP contribution is 2.29. The smallest absolute Gasteiger partial charge is 0.338 e. The van der Waals surface area contributed by atoms with Crippen molar-refractivity contribution in [1.82, 2.24) is 15.0 Å². The SMILES string of the molecule is Nc1nc(COC(=O)C2(O)CCCCC2)nc(Nc2ccc(Cl)cc2)n1. The van der Waals surface area contributed by atoms with Crippen LogP contribution in [-0.2, 0) is 16.1 Å². The van der Waals surface area contributed by atoms with Crippen LogP contribution in [0, 0.1) is 0 Å². The fraction of sp³-hybridized carbons (Fsp3) is 0.412. The molecule has 0 atom stereocenters. The third-order valence-electron chi connectivity index (χ3n) is 4.19. The molecule has 1 fully saturated rings. The summed E-state index contributed by atoms with van der Waals surface area (Å²) in [6.45, 7) is -0.191. The zero-order valence-electron chi connectivity index (χ0n) is 14.1. The summed E-state index contributed by atoms with van der Waals surface area (Å²) in [7, 11) is 0. The number of carbonyl (C=O) groups excluding carboxylic acids is 1. The van der Waals surface area contributed by atoms with E-state index >= 15 is 0 Å². The Bertz CT molecular complexity index is 778. The van der Waals surface area contributed by atoms with E-state index in [2.05, 4.69) is 20.3 Å². The van der Waals surface area contributed by atoms with E-state index in [4.69, 9.17) is 22.1 Å². The monoisotopic (exact) mass is 377 g/mol. The van der Waals surface area contributed by atoms with Crippen molar-refractivity contribution in [2.45, 2.75) is 44.3 Å². The van der Waals surface area contributed by atoms with E-state index in [1.807, 2.05) is 0 Å². The van der Waals surface area contributed by atoms with Gasteiger partial charge in [0.2, 0.25) is 11.9 Å². The minimum absolute atomic E-state index is 0.00103. The van der Waals surface area contributed by atoms with Crippen molar-refractivity contribution < 1.29 is 14.6 Å². The predicted molar refractivity (Wildman–Crippen MR) is 96.8 cm³/mol. The fourth-order valence-electron chi connectivity index (χ4n) is 2.83. The molecule has 1 heterocycles. The lowest BCUT2D eigenvalue weighted by Gasteiger charge is -2.29. The molecular formula is C17H20ClN5O3. The van der Waals surface area contributed by atoms with Crippen LogP contribution < -0.4 is 11.1 Å². The van der Waals surface area contributed by atoms with Gasteiger partial charge in [0, 0.05) is 10.7 Å². The summed E-state index contributed by atoms with van der Waals surface area (Å²) in [5.41, 5.74) is 5.01. The molecule has 0 spiro atoms. The number of aliphatic hydroxyl groups is 1. The van der Waals surface area contributed by atoms with Crippen molar-refractivity contribution in [3.63, 3.8) is 0 Å². The lowest BCUT2D eigenvalue weighted by atomic mass is 9.85. The van der Waals surface area contributed by atoms with Gasteiger partial charge >= 0.3 is 5.97 Å². The molecule has 8 nitrogen and oxygen atoms in total. The van der Waals surface area contributed by atoms with E-state index in [-0.39, 0.29) is 24.3 Å². The van der Waals surface area contributed by atoms with Gasteiger partial charge in [0.25, 0.3) is 0 Å². The second-order valence-corrected chi connectivity index (χ2v) is 6.67. The van der Waals surface area contributed by atoms with Gasteiger partial charge in [-0.25, -0.2) is 4.79 Å². The average molecular weight is 378 g/mol. The molecule has 9 heteroatoms. The van der Waals surface area contributed by atoms with Crippen LogP contribution in [-0.4, -0.2) is 31.6 Å². The molecule has 1 aliphatic carbocycles. The second kappa shape index (κ2) is 7.84. The Labute approximate surface area is 155 Å². The molecule has 0 amide bonds. The number of benzene rings is 1. The first-order chi connectivity index (χ1) is 12.4. The Morgan fingerprint density at radius 1 is 1.19 bits per heavy atom. The summed E-state index contributed by atoms with van der Waals surface area (Å²) in [4.78, 5) is 24.3. The number of hydrogen-bond acceptors (Lipinski definition) is 8. The fourth-order valence-corrected chi connectivity index (χ4v) is 2.95. The Balaban J connectivity index is 1.65. The maximum absolute atomic E-state index is 12.2. The summed E-state index contributed by atoms with van der Waals surface area (Å²) in [5, 5.41) is 14.0. The molecule has 0 aliphatic heterocycles. The van der Waals surface area contributed by atoms with Crippen LogP contribution in [0.25, 0.3) is 0 Å². The van der Waals surface area contributed by atoms with Gasteiger partial charge in [-0.05, 0) is 49.9 Å². The standard InChI is InChI=1S/C17H20ClN5O3/c18-11-4-6-12(7-5-11)20-16-22-13(21-15(19)23-16)10-26-14(24)17(25)8-2-1-3-9-17/h4-7,25H,1-3,8-10H2,(H3,19,20,21,22,23). The number of halogens is 1. The molecular weight excluding hydrogens is 358 g/mol. The Morgan fingerprint density at radius 3 is 2.58 bits per heavy atom. The molecule has 1 aliphatic rings. The largest absolute Gasteiger partial charge is 0.455 e. The summed E-state index contributed by atoms with van der Waals surface area (Å²) >= 11 is 5.85. The van der Waals surface area contributed by atoms with Crippen LogP contribution in [0.3, 0.4) is 0 Å². The number of esters is 1. The number of carbonyl (C=O) groups is 1. The molecule has 26 heavy (non-hydrogen) atoms. The molecule has 0 unspecified atom stereocenters. The molecule has 0 radical (unpaired) electrons. The van der Waals surface area contributed by atoms with Crippen LogP contribution in [0.15, 0.2) is 24.3 Å². The van der Waals surface area contributed by atoms with E-state index in [1.165, 1.54) is 0 Å². The third kappa shape index (κ3) is 4.59. The molecule has 4 N–H and O–H groups in total. The van der Waals surface area contributed by atoms with E-state index in [0.29, 0.717) is 17.9 Å². The number of nitrogens with zero attached hydrogens (tertiary/aromatic N) is 3. The average Bonchev–Trinajstić information content (AvgIpc) is 2.62. The van der Waals surface area contributed by atoms with E-state index in [0.717, 1.165) is 24.9 Å². The van der Waals surface area contributed by atoms with Gasteiger partial charge in [-0.1, -0.05) is 18.0 Å². The number of rotatable bonds is 5. The number of nitrogens with one attached hydrogen (secondary N) is 1. The van der Waals surface area contributed by atoms with Crippen LogP contribution in [0.5, 0.6) is 0 Å². The molecule has 2 aromatic rings. The molecule has 3 rings (SSSR count). The van der Waals surface area contributed by atoms with Crippen molar-refractivity contribution in [3.05, 3.63) is 35.1 Å². The maximum atomic E-state index is 12.2. The minimum Gasteiger partial charge on any atom is -0.455 e. The number of nitrogens with two attached hydrogens (primary N) is 1.